The number of halogens is 3. The molecule has 0 amide bonds. The van der Waals surface area contributed by atoms with Crippen LogP contribution < -0.4 is 4.72 Å². The Hall–Kier alpha value is -0.420. The van der Waals surface area contributed by atoms with E-state index < -0.39 is 34.0 Å². The largest absolute Gasteiger partial charge is 0.405 e. The molecule has 124 valence electrons. The maximum atomic E-state index is 13.1. The highest BCUT2D eigenvalue weighted by molar-refractivity contribution is 7.90. The Bertz CT molecular complexity index is 431. The van der Waals surface area contributed by atoms with Gasteiger partial charge in [-0.15, -0.1) is 0 Å². The van der Waals surface area contributed by atoms with Crippen LogP contribution in [0.3, 0.4) is 0 Å². The summed E-state index contributed by atoms with van der Waals surface area (Å²) in [4.78, 5) is 1.21. The third kappa shape index (κ3) is 4.52. The molecule has 21 heavy (non-hydrogen) atoms. The summed E-state index contributed by atoms with van der Waals surface area (Å²) in [6.45, 7) is 0.381. The number of sulfonamides is 1. The fourth-order valence-corrected chi connectivity index (χ4v) is 3.72. The van der Waals surface area contributed by atoms with Crippen LogP contribution in [0, 0.1) is 0 Å². The molecule has 0 bridgehead atoms. The van der Waals surface area contributed by atoms with Gasteiger partial charge >= 0.3 is 6.18 Å². The minimum absolute atomic E-state index is 0.0313. The van der Waals surface area contributed by atoms with Gasteiger partial charge in [0.05, 0.1) is 19.8 Å². The zero-order chi connectivity index (χ0) is 15.5. The monoisotopic (exact) mass is 332 g/mol. The second-order valence-corrected chi connectivity index (χ2v) is 7.13. The lowest BCUT2D eigenvalue weighted by Crippen LogP contribution is -2.56. The molecule has 0 saturated carbocycles. The van der Waals surface area contributed by atoms with Gasteiger partial charge in [-0.1, -0.05) is 0 Å². The van der Waals surface area contributed by atoms with Crippen LogP contribution in [0.5, 0.6) is 0 Å². The molecule has 0 aromatic carbocycles. The van der Waals surface area contributed by atoms with Crippen molar-refractivity contribution in [2.45, 2.75) is 23.9 Å². The van der Waals surface area contributed by atoms with Gasteiger partial charge in [0.1, 0.15) is 11.3 Å². The molecule has 0 spiro atoms. The highest BCUT2D eigenvalue weighted by Crippen LogP contribution is 2.25. The van der Waals surface area contributed by atoms with E-state index >= 15 is 0 Å². The number of hydrogen-bond acceptors (Lipinski definition) is 5. The van der Waals surface area contributed by atoms with Crippen molar-refractivity contribution in [3.8, 4) is 0 Å². The number of nitrogens with one attached hydrogen (secondary N) is 1. The number of alkyl halides is 3. The molecule has 2 atom stereocenters. The first-order chi connectivity index (χ1) is 9.81. The Morgan fingerprint density at radius 2 is 1.86 bits per heavy atom. The van der Waals surface area contributed by atoms with E-state index in [0.29, 0.717) is 13.0 Å². The molecule has 2 unspecified atom stereocenters. The van der Waals surface area contributed by atoms with Crippen LogP contribution in [-0.4, -0.2) is 76.8 Å². The fourth-order valence-electron chi connectivity index (χ4n) is 2.41. The van der Waals surface area contributed by atoms with E-state index in [9.17, 15) is 21.6 Å². The highest BCUT2D eigenvalue weighted by Gasteiger charge is 2.44. The quantitative estimate of drug-likeness (QED) is 0.765. The summed E-state index contributed by atoms with van der Waals surface area (Å²) in [5, 5.41) is -0.768. The minimum atomic E-state index is -4.49. The Labute approximate surface area is 121 Å². The van der Waals surface area contributed by atoms with Gasteiger partial charge < -0.3 is 9.47 Å². The predicted molar refractivity (Wildman–Crippen MR) is 68.4 cm³/mol. The van der Waals surface area contributed by atoms with Gasteiger partial charge in [-0.25, -0.2) is 13.1 Å². The first kappa shape index (κ1) is 16.9. The fraction of sp³-hybridized carbons (Fsp3) is 1.00. The number of hydrogen-bond donors (Lipinski definition) is 1. The first-order valence-electron chi connectivity index (χ1n) is 6.75. The molecule has 1 N–H and O–H groups in total. The standard InChI is InChI=1S/C11H19F3N2O4S/c12-11(13,14)10(16-2-5-19-6-3-16)7-15-21(17,18)9-1-4-20-8-9/h9-10,15H,1-8H2. The Morgan fingerprint density at radius 3 is 2.38 bits per heavy atom. The summed E-state index contributed by atoms with van der Waals surface area (Å²) in [6.07, 6.45) is -4.18. The van der Waals surface area contributed by atoms with Crippen LogP contribution in [0.2, 0.25) is 0 Å². The Morgan fingerprint density at radius 1 is 1.19 bits per heavy atom. The van der Waals surface area contributed by atoms with E-state index in [1.807, 2.05) is 0 Å². The molecule has 2 rings (SSSR count). The van der Waals surface area contributed by atoms with E-state index in [4.69, 9.17) is 9.47 Å². The van der Waals surface area contributed by atoms with Gasteiger partial charge in [-0.2, -0.15) is 13.2 Å². The average Bonchev–Trinajstić information content (AvgIpc) is 2.93. The SMILES string of the molecule is O=S(=O)(NCC(N1CCOCC1)C(F)(F)F)C1CCOC1. The molecule has 10 heteroatoms. The molecule has 0 aromatic heterocycles. The molecule has 2 heterocycles. The lowest BCUT2D eigenvalue weighted by molar-refractivity contribution is -0.189. The van der Waals surface area contributed by atoms with Gasteiger partial charge in [0.2, 0.25) is 10.0 Å². The lowest BCUT2D eigenvalue weighted by atomic mass is 10.2. The van der Waals surface area contributed by atoms with Gasteiger partial charge in [0.15, 0.2) is 0 Å². The smallest absolute Gasteiger partial charge is 0.380 e. The van der Waals surface area contributed by atoms with Gasteiger partial charge in [0.25, 0.3) is 0 Å². The molecule has 0 radical (unpaired) electrons. The maximum absolute atomic E-state index is 13.1. The summed E-state index contributed by atoms with van der Waals surface area (Å²) < 4.78 is 75.3. The van der Waals surface area contributed by atoms with E-state index in [0.717, 1.165) is 0 Å². The van der Waals surface area contributed by atoms with Crippen molar-refractivity contribution in [3.63, 3.8) is 0 Å². The number of ether oxygens (including phenoxy) is 2. The first-order valence-corrected chi connectivity index (χ1v) is 8.30. The Balaban J connectivity index is 1.98. The molecule has 2 aliphatic heterocycles. The van der Waals surface area contributed by atoms with Crippen LogP contribution in [0.1, 0.15) is 6.42 Å². The molecule has 2 fully saturated rings. The summed E-state index contributed by atoms with van der Waals surface area (Å²) in [5.74, 6) is 0. The van der Waals surface area contributed by atoms with Crippen LogP contribution in [0.25, 0.3) is 0 Å². The third-order valence-corrected chi connectivity index (χ3v) is 5.49. The normalized spacial score (nSPS) is 26.9. The second kappa shape index (κ2) is 6.78. The second-order valence-electron chi connectivity index (χ2n) is 5.08. The van der Waals surface area contributed by atoms with Gasteiger partial charge in [-0.05, 0) is 6.42 Å². The van der Waals surface area contributed by atoms with Crippen LogP contribution in [0.4, 0.5) is 13.2 Å². The van der Waals surface area contributed by atoms with Crippen molar-refractivity contribution in [1.82, 2.24) is 9.62 Å². The Kier molecular flexibility index (Phi) is 5.47. The zero-order valence-electron chi connectivity index (χ0n) is 11.4. The van der Waals surface area contributed by atoms with Crippen molar-refractivity contribution in [3.05, 3.63) is 0 Å². The molecule has 0 aliphatic carbocycles. The minimum Gasteiger partial charge on any atom is -0.380 e. The number of rotatable bonds is 5. The van der Waals surface area contributed by atoms with Crippen molar-refractivity contribution in [2.75, 3.05) is 46.1 Å². The molecule has 2 aliphatic rings. The summed E-state index contributed by atoms with van der Waals surface area (Å²) in [6, 6.07) is -1.83. The molecular weight excluding hydrogens is 313 g/mol. The number of morpholine rings is 1. The molecule has 6 nitrogen and oxygen atoms in total. The van der Waals surface area contributed by atoms with Gasteiger partial charge in [0, 0.05) is 26.2 Å². The van der Waals surface area contributed by atoms with Crippen molar-refractivity contribution in [2.24, 2.45) is 0 Å². The van der Waals surface area contributed by atoms with E-state index in [2.05, 4.69) is 4.72 Å². The summed E-state index contributed by atoms with van der Waals surface area (Å²) >= 11 is 0. The average molecular weight is 332 g/mol. The van der Waals surface area contributed by atoms with Crippen molar-refractivity contribution in [1.29, 1.82) is 0 Å². The van der Waals surface area contributed by atoms with Crippen molar-refractivity contribution < 1.29 is 31.1 Å². The summed E-state index contributed by atoms with van der Waals surface area (Å²) in [7, 11) is -3.79. The molecular formula is C11H19F3N2O4S. The number of nitrogens with zero attached hydrogens (tertiary/aromatic N) is 1. The predicted octanol–water partition coefficient (Wildman–Crippen LogP) is -0.0422. The zero-order valence-corrected chi connectivity index (χ0v) is 12.3. The van der Waals surface area contributed by atoms with E-state index in [1.54, 1.807) is 0 Å². The third-order valence-electron chi connectivity index (χ3n) is 3.67. The summed E-state index contributed by atoms with van der Waals surface area (Å²) in [5.41, 5.74) is 0. The van der Waals surface area contributed by atoms with Gasteiger partial charge in [-0.3, -0.25) is 4.90 Å². The van der Waals surface area contributed by atoms with Crippen LogP contribution in [0.15, 0.2) is 0 Å². The van der Waals surface area contributed by atoms with Crippen LogP contribution in [-0.2, 0) is 19.5 Å². The maximum Gasteiger partial charge on any atom is 0.405 e. The van der Waals surface area contributed by atoms with Crippen LogP contribution >= 0.6 is 0 Å². The highest BCUT2D eigenvalue weighted by atomic mass is 32.2. The topological polar surface area (TPSA) is 67.9 Å². The van der Waals surface area contributed by atoms with Crippen molar-refractivity contribution >= 4 is 10.0 Å². The molecule has 0 aromatic rings. The van der Waals surface area contributed by atoms with E-state index in [-0.39, 0.29) is 32.9 Å². The van der Waals surface area contributed by atoms with E-state index in [1.165, 1.54) is 4.90 Å². The molecule has 2 saturated heterocycles. The lowest BCUT2D eigenvalue weighted by Gasteiger charge is -2.35.